The molecule has 0 aliphatic carbocycles. The molecule has 3 heteroatoms. The third kappa shape index (κ3) is 31.4. The first kappa shape index (κ1) is 54.2. The molecule has 0 amide bonds. The zero-order valence-electron chi connectivity index (χ0n) is 34.9. The molecule has 2 aromatic carbocycles. The summed E-state index contributed by atoms with van der Waals surface area (Å²) in [6, 6.07) is 15.3. The Morgan fingerprint density at radius 3 is 1.65 bits per heavy atom. The molecule has 0 bridgehead atoms. The van der Waals surface area contributed by atoms with Crippen LogP contribution >= 0.6 is 0 Å². The van der Waals surface area contributed by atoms with Crippen molar-refractivity contribution in [1.82, 2.24) is 0 Å². The number of allylic oxidation sites excluding steroid dienone is 2. The molecule has 1 N–H and O–H groups in total. The summed E-state index contributed by atoms with van der Waals surface area (Å²) >= 11 is 0. The molecular weight excluding hydrogens is 583 g/mol. The van der Waals surface area contributed by atoms with Gasteiger partial charge < -0.3 is 15.2 Å². The first-order valence-corrected chi connectivity index (χ1v) is 18.7. The number of benzene rings is 2. The van der Waals surface area contributed by atoms with Gasteiger partial charge in [-0.15, -0.1) is 12.8 Å². The van der Waals surface area contributed by atoms with Gasteiger partial charge in [0.1, 0.15) is 0 Å². The highest BCUT2D eigenvalue weighted by atomic mass is 15.1. The molecule has 1 saturated heterocycles. The van der Waals surface area contributed by atoms with Crippen LogP contribution in [0.1, 0.15) is 145 Å². The summed E-state index contributed by atoms with van der Waals surface area (Å²) in [5.41, 5.74) is 8.69. The van der Waals surface area contributed by atoms with Crippen LogP contribution < -0.4 is 9.80 Å². The van der Waals surface area contributed by atoms with Gasteiger partial charge in [0.05, 0.1) is 0 Å². The maximum atomic E-state index is 6.50. The molecule has 2 aromatic rings. The molecule has 0 radical (unpaired) electrons. The van der Waals surface area contributed by atoms with Crippen molar-refractivity contribution in [3.05, 3.63) is 83.6 Å². The molecule has 1 fully saturated rings. The van der Waals surface area contributed by atoms with Crippen molar-refractivity contribution >= 4 is 17.1 Å². The van der Waals surface area contributed by atoms with E-state index in [0.717, 1.165) is 17.9 Å². The Labute approximate surface area is 302 Å². The molecule has 1 aliphatic heterocycles. The quantitative estimate of drug-likeness (QED) is 0.181. The van der Waals surface area contributed by atoms with E-state index in [0.29, 0.717) is 5.71 Å². The maximum Gasteiger partial charge on any atom is 0.0433 e. The number of terminal acetylenes is 1. The normalized spacial score (nSPS) is 11.3. The van der Waals surface area contributed by atoms with Crippen LogP contribution in [0.2, 0.25) is 0 Å². The highest BCUT2D eigenvalue weighted by Crippen LogP contribution is 2.25. The standard InChI is InChI=1S/C15H23N.C13H17N.2C4H10.C3H7N.2C2H6.C2H2/c1-4-14-11-15(6-5-13(14)3)16-9-7-12(2)8-10-16;1-5-11(2)10-14(4)13-9-7-6-8-12(13)3;2*1-3-4-2;1-3(2)4;3*1-2/h5-6,11-12H,4,7-10H2,1-3H3;5-10H,1H2,2-4H3;2*3-4H2,1-2H3;4H,1-2H3;2*1-2H3;1-2H/b;11-10+;;;;;;. The second-order valence-corrected chi connectivity index (χ2v) is 11.6. The zero-order chi connectivity index (χ0) is 38.5. The van der Waals surface area contributed by atoms with Gasteiger partial charge in [0, 0.05) is 43.4 Å². The van der Waals surface area contributed by atoms with Crippen molar-refractivity contribution in [3.63, 3.8) is 0 Å². The fraction of sp³-hybridized carbons (Fsp3) is 0.578. The number of aryl methyl sites for hydroxylation is 3. The molecule has 48 heavy (non-hydrogen) atoms. The van der Waals surface area contributed by atoms with Crippen molar-refractivity contribution in [2.24, 2.45) is 5.92 Å². The van der Waals surface area contributed by atoms with E-state index in [-0.39, 0.29) is 0 Å². The summed E-state index contributed by atoms with van der Waals surface area (Å²) < 4.78 is 0. The van der Waals surface area contributed by atoms with E-state index in [1.807, 2.05) is 40.7 Å². The predicted octanol–water partition coefficient (Wildman–Crippen LogP) is 14.3. The van der Waals surface area contributed by atoms with Crippen LogP contribution in [0, 0.1) is 38.0 Å². The molecule has 1 aliphatic rings. The number of unbranched alkanes of at least 4 members (excludes halogenated alkanes) is 2. The number of rotatable bonds is 7. The zero-order valence-corrected chi connectivity index (χ0v) is 34.9. The van der Waals surface area contributed by atoms with Gasteiger partial charge in [-0.05, 0) is 100 Å². The lowest BCUT2D eigenvalue weighted by molar-refractivity contribution is 0.438. The minimum absolute atomic E-state index is 0.667. The fourth-order valence-electron chi connectivity index (χ4n) is 3.89. The van der Waals surface area contributed by atoms with Crippen LogP contribution in [-0.2, 0) is 6.42 Å². The molecule has 0 aromatic heterocycles. The predicted molar refractivity (Wildman–Crippen MR) is 228 cm³/mol. The van der Waals surface area contributed by atoms with Gasteiger partial charge in [-0.25, -0.2) is 0 Å². The molecule has 0 saturated carbocycles. The molecule has 0 unspecified atom stereocenters. The number of nitrogens with one attached hydrogen (secondary N) is 1. The third-order valence-electron chi connectivity index (χ3n) is 7.08. The smallest absolute Gasteiger partial charge is 0.0433 e. The number of para-hydroxylation sites is 1. The number of hydrogen-bond acceptors (Lipinski definition) is 3. The lowest BCUT2D eigenvalue weighted by atomic mass is 9.98. The summed E-state index contributed by atoms with van der Waals surface area (Å²) in [4.78, 5) is 4.66. The molecule has 3 rings (SSSR count). The third-order valence-corrected chi connectivity index (χ3v) is 7.08. The molecule has 276 valence electrons. The van der Waals surface area contributed by atoms with Gasteiger partial charge in [0.25, 0.3) is 0 Å². The van der Waals surface area contributed by atoms with E-state index in [1.165, 1.54) is 79.7 Å². The summed E-state index contributed by atoms with van der Waals surface area (Å²) in [6.45, 7) is 37.4. The van der Waals surface area contributed by atoms with Crippen LogP contribution in [0.5, 0.6) is 0 Å². The first-order chi connectivity index (χ1) is 22.9. The van der Waals surface area contributed by atoms with Gasteiger partial charge >= 0.3 is 0 Å². The van der Waals surface area contributed by atoms with Crippen LogP contribution in [0.15, 0.2) is 66.9 Å². The first-order valence-electron chi connectivity index (χ1n) is 18.7. The van der Waals surface area contributed by atoms with E-state index in [2.05, 4.69) is 140 Å². The van der Waals surface area contributed by atoms with Crippen molar-refractivity contribution in [1.29, 1.82) is 5.41 Å². The van der Waals surface area contributed by atoms with E-state index in [1.54, 1.807) is 13.8 Å². The maximum absolute atomic E-state index is 6.50. The van der Waals surface area contributed by atoms with Crippen LogP contribution in [-0.4, -0.2) is 25.8 Å². The van der Waals surface area contributed by atoms with E-state index in [4.69, 9.17) is 5.41 Å². The average molecular weight is 664 g/mol. The minimum atomic E-state index is 0.667. The Morgan fingerprint density at radius 2 is 1.27 bits per heavy atom. The Balaban J connectivity index is -0.000000174. The van der Waals surface area contributed by atoms with E-state index >= 15 is 0 Å². The minimum Gasteiger partial charge on any atom is -0.372 e. The van der Waals surface area contributed by atoms with Gasteiger partial charge in [-0.2, -0.15) is 0 Å². The molecule has 0 spiro atoms. The lowest BCUT2D eigenvalue weighted by Crippen LogP contribution is -2.32. The van der Waals surface area contributed by atoms with Gasteiger partial charge in [-0.3, -0.25) is 0 Å². The monoisotopic (exact) mass is 664 g/mol. The lowest BCUT2D eigenvalue weighted by Gasteiger charge is -2.32. The Morgan fingerprint density at radius 1 is 0.833 bits per heavy atom. The highest BCUT2D eigenvalue weighted by molar-refractivity contribution is 5.75. The van der Waals surface area contributed by atoms with E-state index < -0.39 is 0 Å². The molecular formula is C45H81N3. The topological polar surface area (TPSA) is 30.3 Å². The molecule has 3 nitrogen and oxygen atoms in total. The average Bonchev–Trinajstić information content (AvgIpc) is 3.11. The van der Waals surface area contributed by atoms with Gasteiger partial charge in [-0.1, -0.05) is 132 Å². The summed E-state index contributed by atoms with van der Waals surface area (Å²) in [6.07, 6.45) is 21.0. The SMILES string of the molecule is C#C.C=C/C(C)=C/N(C)c1ccccc1C.CC.CC.CC(C)=N.CCCC.CCCC.CCc1cc(N2CCC(C)CC2)ccc1C. The molecule has 0 atom stereocenters. The fourth-order valence-corrected chi connectivity index (χ4v) is 3.89. The van der Waals surface area contributed by atoms with E-state index in [9.17, 15) is 0 Å². The summed E-state index contributed by atoms with van der Waals surface area (Å²) in [5, 5.41) is 6.50. The Bertz CT molecular complexity index is 1030. The van der Waals surface area contributed by atoms with Crippen molar-refractivity contribution in [2.75, 3.05) is 29.9 Å². The van der Waals surface area contributed by atoms with Crippen LogP contribution in [0.25, 0.3) is 0 Å². The van der Waals surface area contributed by atoms with Crippen molar-refractivity contribution in [3.8, 4) is 12.8 Å². The van der Waals surface area contributed by atoms with Crippen molar-refractivity contribution < 1.29 is 0 Å². The van der Waals surface area contributed by atoms with Gasteiger partial charge in [0.15, 0.2) is 0 Å². The Kier molecular flexibility index (Phi) is 45.1. The summed E-state index contributed by atoms with van der Waals surface area (Å²) in [5.74, 6) is 0.910. The van der Waals surface area contributed by atoms with Gasteiger partial charge in [0.2, 0.25) is 0 Å². The van der Waals surface area contributed by atoms with Crippen LogP contribution in [0.4, 0.5) is 11.4 Å². The highest BCUT2D eigenvalue weighted by Gasteiger charge is 2.16. The number of anilines is 2. The number of hydrogen-bond donors (Lipinski definition) is 1. The van der Waals surface area contributed by atoms with Crippen molar-refractivity contribution in [2.45, 2.75) is 149 Å². The van der Waals surface area contributed by atoms with Crippen LogP contribution in [0.3, 0.4) is 0 Å². The summed E-state index contributed by atoms with van der Waals surface area (Å²) in [7, 11) is 2.05. The number of piperidine rings is 1. The molecule has 1 heterocycles. The second kappa shape index (κ2) is 39.9. The number of nitrogens with zero attached hydrogens (tertiary/aromatic N) is 2. The largest absolute Gasteiger partial charge is 0.372 e. The Hall–Kier alpha value is -3.25. The second-order valence-electron chi connectivity index (χ2n) is 11.6.